The Balaban J connectivity index is 0.00000243. The predicted molar refractivity (Wildman–Crippen MR) is 104 cm³/mol. The number of rotatable bonds is 6. The summed E-state index contributed by atoms with van der Waals surface area (Å²) in [5.41, 5.74) is 0.468. The maximum absolute atomic E-state index is 14.0. The average molecular weight is 479 g/mol. The number of halogens is 4. The lowest BCUT2D eigenvalue weighted by Gasteiger charge is -2.19. The van der Waals surface area contributed by atoms with Crippen molar-refractivity contribution in [3.8, 4) is 0 Å². The molecular weight excluding hydrogens is 458 g/mol. The monoisotopic (exact) mass is 479 g/mol. The molecule has 1 heterocycles. The van der Waals surface area contributed by atoms with Crippen LogP contribution >= 0.6 is 24.0 Å². The van der Waals surface area contributed by atoms with Crippen LogP contribution in [0.5, 0.6) is 0 Å². The molecule has 1 fully saturated rings. The minimum Gasteiger partial charge on any atom is -0.356 e. The van der Waals surface area contributed by atoms with Gasteiger partial charge in [-0.1, -0.05) is 18.2 Å². The number of nitrogens with one attached hydrogen (secondary N) is 2. The van der Waals surface area contributed by atoms with Gasteiger partial charge in [0.15, 0.2) is 5.96 Å². The summed E-state index contributed by atoms with van der Waals surface area (Å²) < 4.78 is 40.5. The Kier molecular flexibility index (Phi) is 6.90. The van der Waals surface area contributed by atoms with E-state index in [9.17, 15) is 13.2 Å². The van der Waals surface area contributed by atoms with Gasteiger partial charge in [-0.2, -0.15) is 8.78 Å². The number of hydrogen-bond acceptors (Lipinski definition) is 2. The van der Waals surface area contributed by atoms with Gasteiger partial charge in [0.1, 0.15) is 11.6 Å². The molecule has 2 aromatic rings. The van der Waals surface area contributed by atoms with Gasteiger partial charge in [0.25, 0.3) is 0 Å². The zero-order valence-corrected chi connectivity index (χ0v) is 16.6. The lowest BCUT2D eigenvalue weighted by Crippen LogP contribution is -2.41. The lowest BCUT2D eigenvalue weighted by atomic mass is 9.95. The summed E-state index contributed by atoms with van der Waals surface area (Å²) in [7, 11) is 1.59. The second kappa shape index (κ2) is 8.74. The van der Waals surface area contributed by atoms with E-state index in [2.05, 4.69) is 20.6 Å². The van der Waals surface area contributed by atoms with E-state index in [-0.39, 0.29) is 47.6 Å². The number of benzene rings is 1. The maximum atomic E-state index is 14.0. The third kappa shape index (κ3) is 4.49. The Labute approximate surface area is 167 Å². The van der Waals surface area contributed by atoms with Crippen LogP contribution in [0.25, 0.3) is 0 Å². The molecule has 0 unspecified atom stereocenters. The maximum Gasteiger partial charge on any atom is 0.319 e. The van der Waals surface area contributed by atoms with Crippen LogP contribution in [0.15, 0.2) is 41.7 Å². The van der Waals surface area contributed by atoms with Crippen LogP contribution in [-0.2, 0) is 12.0 Å². The van der Waals surface area contributed by atoms with Crippen molar-refractivity contribution >= 4 is 29.9 Å². The number of imidazole rings is 1. The zero-order valence-electron chi connectivity index (χ0n) is 14.3. The zero-order chi connectivity index (χ0) is 17.9. The van der Waals surface area contributed by atoms with Gasteiger partial charge in [-0.15, -0.1) is 24.0 Å². The van der Waals surface area contributed by atoms with E-state index < -0.39 is 6.55 Å². The first-order valence-corrected chi connectivity index (χ1v) is 8.05. The van der Waals surface area contributed by atoms with E-state index in [0.717, 1.165) is 17.4 Å². The van der Waals surface area contributed by atoms with E-state index in [4.69, 9.17) is 0 Å². The first kappa shape index (κ1) is 20.5. The summed E-state index contributed by atoms with van der Waals surface area (Å²) in [4.78, 5) is 8.00. The van der Waals surface area contributed by atoms with E-state index in [1.807, 2.05) is 6.07 Å². The van der Waals surface area contributed by atoms with Crippen LogP contribution < -0.4 is 10.6 Å². The van der Waals surface area contributed by atoms with Crippen LogP contribution in [0, 0.1) is 5.82 Å². The number of aliphatic imine (C=N–C) groups is 1. The Morgan fingerprint density at radius 1 is 1.31 bits per heavy atom. The molecule has 1 saturated carbocycles. The molecule has 3 rings (SSSR count). The molecule has 1 aliphatic rings. The summed E-state index contributed by atoms with van der Waals surface area (Å²) in [5, 5.41) is 6.12. The van der Waals surface area contributed by atoms with Gasteiger partial charge in [-0.3, -0.25) is 9.56 Å². The average Bonchev–Trinajstić information content (AvgIpc) is 3.23. The second-order valence-electron chi connectivity index (χ2n) is 6.07. The van der Waals surface area contributed by atoms with Crippen molar-refractivity contribution < 1.29 is 13.2 Å². The molecule has 0 saturated heterocycles. The van der Waals surface area contributed by atoms with Crippen molar-refractivity contribution in [2.45, 2.75) is 31.4 Å². The summed E-state index contributed by atoms with van der Waals surface area (Å²) in [6.07, 6.45) is 4.35. The van der Waals surface area contributed by atoms with Crippen molar-refractivity contribution in [2.24, 2.45) is 4.99 Å². The van der Waals surface area contributed by atoms with Gasteiger partial charge >= 0.3 is 6.55 Å². The third-order valence-corrected chi connectivity index (χ3v) is 4.49. The highest BCUT2D eigenvalue weighted by molar-refractivity contribution is 14.0. The molecular formula is C17H21F3IN5. The fraction of sp³-hybridized carbons (Fsp3) is 0.412. The van der Waals surface area contributed by atoms with Crippen molar-refractivity contribution in [1.29, 1.82) is 0 Å². The van der Waals surface area contributed by atoms with Crippen LogP contribution in [0.2, 0.25) is 0 Å². The summed E-state index contributed by atoms with van der Waals surface area (Å²) in [6, 6.07) is 6.77. The smallest absolute Gasteiger partial charge is 0.319 e. The van der Waals surface area contributed by atoms with Gasteiger partial charge in [0, 0.05) is 31.4 Å². The Hall–Kier alpha value is -1.78. The minimum atomic E-state index is -2.63. The van der Waals surface area contributed by atoms with E-state index >= 15 is 0 Å². The van der Waals surface area contributed by atoms with Crippen LogP contribution in [0.4, 0.5) is 13.2 Å². The first-order valence-electron chi connectivity index (χ1n) is 8.05. The van der Waals surface area contributed by atoms with Gasteiger partial charge in [-0.05, 0) is 24.5 Å². The number of aromatic nitrogens is 2. The van der Waals surface area contributed by atoms with Gasteiger partial charge < -0.3 is 10.6 Å². The molecule has 1 aliphatic carbocycles. The molecule has 0 spiro atoms. The number of guanidine groups is 1. The highest BCUT2D eigenvalue weighted by Crippen LogP contribution is 2.48. The quantitative estimate of drug-likeness (QED) is 0.380. The van der Waals surface area contributed by atoms with E-state index in [1.54, 1.807) is 19.2 Å². The second-order valence-corrected chi connectivity index (χ2v) is 6.07. The molecule has 0 radical (unpaired) electrons. The summed E-state index contributed by atoms with van der Waals surface area (Å²) in [5.74, 6) is 0.475. The molecule has 9 heteroatoms. The van der Waals surface area contributed by atoms with Crippen molar-refractivity contribution in [1.82, 2.24) is 20.2 Å². The SMILES string of the molecule is CN=C(NCc1nccn1C(F)F)NCC1(c2ccccc2F)CC1.I. The number of nitrogens with zero attached hydrogens (tertiary/aromatic N) is 3. The molecule has 2 N–H and O–H groups in total. The Morgan fingerprint density at radius 3 is 2.65 bits per heavy atom. The van der Waals surface area contributed by atoms with Crippen molar-refractivity contribution in [2.75, 3.05) is 13.6 Å². The Morgan fingerprint density at radius 2 is 2.04 bits per heavy atom. The molecule has 142 valence electrons. The Bertz CT molecular complexity index is 758. The van der Waals surface area contributed by atoms with Crippen LogP contribution in [0.1, 0.15) is 30.8 Å². The molecule has 0 bridgehead atoms. The number of alkyl halides is 2. The normalized spacial score (nSPS) is 15.5. The highest BCUT2D eigenvalue weighted by Gasteiger charge is 2.45. The number of hydrogen-bond donors (Lipinski definition) is 2. The molecule has 0 amide bonds. The molecule has 1 aromatic heterocycles. The first-order chi connectivity index (χ1) is 12.1. The fourth-order valence-electron chi connectivity index (χ4n) is 2.88. The van der Waals surface area contributed by atoms with E-state index in [1.165, 1.54) is 18.5 Å². The third-order valence-electron chi connectivity index (χ3n) is 4.49. The van der Waals surface area contributed by atoms with Gasteiger partial charge in [0.2, 0.25) is 0 Å². The highest BCUT2D eigenvalue weighted by atomic mass is 127. The fourth-order valence-corrected chi connectivity index (χ4v) is 2.88. The standard InChI is InChI=1S/C17H20F3N5.HI/c1-21-16(23-10-14-22-8-9-25(14)15(19)20)24-11-17(6-7-17)12-4-2-3-5-13(12)18;/h2-5,8-9,15H,6-7,10-11H2,1H3,(H2,21,23,24);1H. The lowest BCUT2D eigenvalue weighted by molar-refractivity contribution is 0.0668. The van der Waals surface area contributed by atoms with Gasteiger partial charge in [0.05, 0.1) is 6.54 Å². The minimum absolute atomic E-state index is 0. The molecule has 0 atom stereocenters. The molecule has 5 nitrogen and oxygen atoms in total. The topological polar surface area (TPSA) is 54.2 Å². The summed E-state index contributed by atoms with van der Waals surface area (Å²) >= 11 is 0. The van der Waals surface area contributed by atoms with Crippen LogP contribution in [-0.4, -0.2) is 29.1 Å². The van der Waals surface area contributed by atoms with Crippen molar-refractivity contribution in [3.63, 3.8) is 0 Å². The van der Waals surface area contributed by atoms with Crippen molar-refractivity contribution in [3.05, 3.63) is 53.9 Å². The largest absolute Gasteiger partial charge is 0.356 e. The molecule has 1 aromatic carbocycles. The molecule has 0 aliphatic heterocycles. The van der Waals surface area contributed by atoms with E-state index in [0.29, 0.717) is 18.1 Å². The van der Waals surface area contributed by atoms with Crippen LogP contribution in [0.3, 0.4) is 0 Å². The molecule has 26 heavy (non-hydrogen) atoms. The summed E-state index contributed by atoms with van der Waals surface area (Å²) in [6.45, 7) is -1.99. The predicted octanol–water partition coefficient (Wildman–Crippen LogP) is 3.43. The van der Waals surface area contributed by atoms with Gasteiger partial charge in [-0.25, -0.2) is 9.37 Å².